The number of hydrogen-bond donors (Lipinski definition) is 2. The number of Topliss-reactive ketones (excluding diaryl/α,β-unsaturated/α-hetero) is 1. The minimum absolute atomic E-state index is 0.0535. The molecular weight excluding hydrogens is 286 g/mol. The Morgan fingerprint density at radius 2 is 2.00 bits per heavy atom. The van der Waals surface area contributed by atoms with Crippen molar-refractivity contribution in [1.82, 2.24) is 10.2 Å². The zero-order valence-electron chi connectivity index (χ0n) is 11.5. The van der Waals surface area contributed by atoms with Crippen molar-refractivity contribution in [2.24, 2.45) is 0 Å². The summed E-state index contributed by atoms with van der Waals surface area (Å²) in [7, 11) is 0. The summed E-state index contributed by atoms with van der Waals surface area (Å²) in [6, 6.07) is 7.72. The van der Waals surface area contributed by atoms with Crippen molar-refractivity contribution in [2.45, 2.75) is 25.7 Å². The zero-order chi connectivity index (χ0) is 14.6. The van der Waals surface area contributed by atoms with Crippen LogP contribution in [0.2, 0.25) is 5.02 Å². The van der Waals surface area contributed by atoms with Crippen LogP contribution in [0.3, 0.4) is 0 Å². The fourth-order valence-corrected chi connectivity index (χ4v) is 3.43. The maximum Gasteiger partial charge on any atom is 0.161 e. The molecule has 0 saturated carbocycles. The first-order valence-electron chi connectivity index (χ1n) is 6.98. The number of anilines is 1. The third-order valence-electron chi connectivity index (χ3n) is 4.27. The standard InChI is InChI=1S/C16H14ClN3O/c1-8-13-14(9-2-4-10(17)5-3-9)15-11(6-7-12(15)21)18-16(13)20-19-8/h2-5,14H,6-7H2,1H3,(H2,18,19,20). The molecule has 1 atom stereocenters. The summed E-state index contributed by atoms with van der Waals surface area (Å²) in [5, 5.41) is 11.4. The molecule has 0 amide bonds. The van der Waals surface area contributed by atoms with Gasteiger partial charge in [-0.05, 0) is 31.0 Å². The molecule has 106 valence electrons. The van der Waals surface area contributed by atoms with Gasteiger partial charge in [0.1, 0.15) is 0 Å². The number of rotatable bonds is 1. The number of carbonyl (C=O) groups excluding carboxylic acids is 1. The Balaban J connectivity index is 1.94. The van der Waals surface area contributed by atoms with Crippen molar-refractivity contribution in [1.29, 1.82) is 0 Å². The van der Waals surface area contributed by atoms with E-state index >= 15 is 0 Å². The number of nitrogens with one attached hydrogen (secondary N) is 2. The molecule has 21 heavy (non-hydrogen) atoms. The number of H-pyrrole nitrogens is 1. The lowest BCUT2D eigenvalue weighted by Gasteiger charge is -2.26. The monoisotopic (exact) mass is 299 g/mol. The van der Waals surface area contributed by atoms with Crippen LogP contribution in [0.5, 0.6) is 0 Å². The van der Waals surface area contributed by atoms with E-state index in [0.717, 1.165) is 40.3 Å². The van der Waals surface area contributed by atoms with Gasteiger partial charge in [0, 0.05) is 39.9 Å². The Morgan fingerprint density at radius 3 is 2.76 bits per heavy atom. The molecule has 1 aliphatic heterocycles. The van der Waals surface area contributed by atoms with E-state index in [1.165, 1.54) is 0 Å². The predicted octanol–water partition coefficient (Wildman–Crippen LogP) is 3.55. The van der Waals surface area contributed by atoms with E-state index < -0.39 is 0 Å². The topological polar surface area (TPSA) is 57.8 Å². The first kappa shape index (κ1) is 12.7. The highest BCUT2D eigenvalue weighted by Crippen LogP contribution is 2.46. The Morgan fingerprint density at radius 1 is 1.24 bits per heavy atom. The molecule has 4 rings (SSSR count). The Kier molecular flexibility index (Phi) is 2.69. The lowest BCUT2D eigenvalue weighted by Crippen LogP contribution is -2.19. The fourth-order valence-electron chi connectivity index (χ4n) is 3.30. The second-order valence-corrected chi connectivity index (χ2v) is 5.97. The largest absolute Gasteiger partial charge is 0.342 e. The average Bonchev–Trinajstić information content (AvgIpc) is 3.03. The normalized spacial score (nSPS) is 20.3. The van der Waals surface area contributed by atoms with Gasteiger partial charge < -0.3 is 5.32 Å². The first-order valence-corrected chi connectivity index (χ1v) is 7.36. The maximum absolute atomic E-state index is 12.3. The van der Waals surface area contributed by atoms with Gasteiger partial charge in [-0.15, -0.1) is 0 Å². The summed E-state index contributed by atoms with van der Waals surface area (Å²) in [5.74, 6) is 1.01. The van der Waals surface area contributed by atoms with Crippen molar-refractivity contribution < 1.29 is 4.79 Å². The van der Waals surface area contributed by atoms with Gasteiger partial charge in [0.15, 0.2) is 11.6 Å². The lowest BCUT2D eigenvalue weighted by atomic mass is 9.81. The van der Waals surface area contributed by atoms with Gasteiger partial charge in [0.2, 0.25) is 0 Å². The summed E-state index contributed by atoms with van der Waals surface area (Å²) < 4.78 is 0. The Labute approximate surface area is 127 Å². The molecule has 2 aromatic rings. The number of benzene rings is 1. The van der Waals surface area contributed by atoms with Gasteiger partial charge in [-0.25, -0.2) is 0 Å². The number of aromatic nitrogens is 2. The van der Waals surface area contributed by atoms with Crippen molar-refractivity contribution in [2.75, 3.05) is 5.32 Å². The molecular formula is C16H14ClN3O. The Hall–Kier alpha value is -2.07. The molecule has 0 radical (unpaired) electrons. The van der Waals surface area contributed by atoms with Crippen molar-refractivity contribution in [3.63, 3.8) is 0 Å². The van der Waals surface area contributed by atoms with E-state index in [-0.39, 0.29) is 11.7 Å². The molecule has 0 saturated heterocycles. The third-order valence-corrected chi connectivity index (χ3v) is 4.52. The van der Waals surface area contributed by atoms with Crippen LogP contribution in [0.4, 0.5) is 5.82 Å². The number of hydrogen-bond acceptors (Lipinski definition) is 3. The third kappa shape index (κ3) is 1.83. The van der Waals surface area contributed by atoms with E-state index in [1.807, 2.05) is 31.2 Å². The number of nitrogens with zero attached hydrogens (tertiary/aromatic N) is 1. The van der Waals surface area contributed by atoms with Crippen molar-refractivity contribution in [3.05, 3.63) is 57.4 Å². The van der Waals surface area contributed by atoms with Gasteiger partial charge in [-0.1, -0.05) is 23.7 Å². The Bertz CT molecular complexity index is 773. The molecule has 2 heterocycles. The average molecular weight is 300 g/mol. The molecule has 2 aliphatic rings. The number of ketones is 1. The van der Waals surface area contributed by atoms with Crippen LogP contribution in [0.25, 0.3) is 0 Å². The summed E-state index contributed by atoms with van der Waals surface area (Å²) in [6.07, 6.45) is 1.35. The number of aryl methyl sites for hydroxylation is 1. The highest BCUT2D eigenvalue weighted by Gasteiger charge is 2.38. The van der Waals surface area contributed by atoms with Crippen LogP contribution in [-0.2, 0) is 4.79 Å². The van der Waals surface area contributed by atoms with Gasteiger partial charge in [-0.2, -0.15) is 5.10 Å². The van der Waals surface area contributed by atoms with E-state index in [0.29, 0.717) is 11.4 Å². The smallest absolute Gasteiger partial charge is 0.161 e. The second-order valence-electron chi connectivity index (χ2n) is 5.54. The number of halogens is 1. The quantitative estimate of drug-likeness (QED) is 0.846. The highest BCUT2D eigenvalue weighted by atomic mass is 35.5. The molecule has 1 aromatic heterocycles. The predicted molar refractivity (Wildman–Crippen MR) is 81.5 cm³/mol. The molecule has 0 spiro atoms. The number of carbonyl (C=O) groups is 1. The molecule has 1 aliphatic carbocycles. The van der Waals surface area contributed by atoms with Crippen LogP contribution in [0.15, 0.2) is 35.5 Å². The number of fused-ring (bicyclic) bond motifs is 1. The molecule has 1 unspecified atom stereocenters. The number of allylic oxidation sites excluding steroid dienone is 2. The van der Waals surface area contributed by atoms with Crippen LogP contribution < -0.4 is 5.32 Å². The van der Waals surface area contributed by atoms with Crippen molar-refractivity contribution >= 4 is 23.2 Å². The lowest BCUT2D eigenvalue weighted by molar-refractivity contribution is -0.115. The first-order chi connectivity index (χ1) is 10.1. The zero-order valence-corrected chi connectivity index (χ0v) is 12.3. The summed E-state index contributed by atoms with van der Waals surface area (Å²) in [6.45, 7) is 1.99. The number of aromatic amines is 1. The van der Waals surface area contributed by atoms with Crippen LogP contribution in [-0.4, -0.2) is 16.0 Å². The van der Waals surface area contributed by atoms with Crippen molar-refractivity contribution in [3.8, 4) is 0 Å². The van der Waals surface area contributed by atoms with Crippen LogP contribution >= 0.6 is 11.6 Å². The van der Waals surface area contributed by atoms with Gasteiger partial charge >= 0.3 is 0 Å². The van der Waals surface area contributed by atoms with E-state index in [4.69, 9.17) is 11.6 Å². The summed E-state index contributed by atoms with van der Waals surface area (Å²) in [5.41, 5.74) is 5.03. The minimum Gasteiger partial charge on any atom is -0.342 e. The second kappa shape index (κ2) is 4.46. The van der Waals surface area contributed by atoms with Gasteiger partial charge in [0.05, 0.1) is 0 Å². The van der Waals surface area contributed by atoms with Gasteiger partial charge in [-0.3, -0.25) is 9.89 Å². The molecule has 1 aromatic carbocycles. The summed E-state index contributed by atoms with van der Waals surface area (Å²) in [4.78, 5) is 12.3. The molecule has 2 N–H and O–H groups in total. The molecule has 5 heteroatoms. The van der Waals surface area contributed by atoms with E-state index in [2.05, 4.69) is 15.5 Å². The molecule has 0 fully saturated rings. The van der Waals surface area contributed by atoms with E-state index in [1.54, 1.807) is 0 Å². The fraction of sp³-hybridized carbons (Fsp3) is 0.250. The summed E-state index contributed by atoms with van der Waals surface area (Å²) >= 11 is 5.99. The molecule has 0 bridgehead atoms. The van der Waals surface area contributed by atoms with E-state index in [9.17, 15) is 4.79 Å². The highest BCUT2D eigenvalue weighted by molar-refractivity contribution is 6.30. The maximum atomic E-state index is 12.3. The van der Waals surface area contributed by atoms with Crippen LogP contribution in [0.1, 0.15) is 35.6 Å². The minimum atomic E-state index is -0.0535. The molecule has 4 nitrogen and oxygen atoms in total. The van der Waals surface area contributed by atoms with Gasteiger partial charge in [0.25, 0.3) is 0 Å². The van der Waals surface area contributed by atoms with Crippen LogP contribution in [0, 0.1) is 6.92 Å². The SMILES string of the molecule is Cc1[nH]nc2c1C(c1ccc(Cl)cc1)C1=C(CCC1=O)N2.